The second-order valence-corrected chi connectivity index (χ2v) is 7.84. The molecule has 1 aliphatic rings. The summed E-state index contributed by atoms with van der Waals surface area (Å²) in [5, 5.41) is 8.52. The normalized spacial score (nSPS) is 14.9. The van der Waals surface area contributed by atoms with Crippen LogP contribution in [0.5, 0.6) is 0 Å². The molecule has 1 aliphatic heterocycles. The van der Waals surface area contributed by atoms with E-state index >= 15 is 0 Å². The van der Waals surface area contributed by atoms with Gasteiger partial charge in [0.1, 0.15) is 0 Å². The Morgan fingerprint density at radius 2 is 1.60 bits per heavy atom. The highest BCUT2D eigenvalue weighted by Crippen LogP contribution is 2.15. The van der Waals surface area contributed by atoms with Gasteiger partial charge in [0.25, 0.3) is 5.91 Å². The summed E-state index contributed by atoms with van der Waals surface area (Å²) in [5.74, 6) is -0.0184. The van der Waals surface area contributed by atoms with Crippen LogP contribution in [0.15, 0.2) is 36.9 Å². The second-order valence-electron chi connectivity index (χ2n) is 7.84. The molecule has 0 aromatic heterocycles. The van der Waals surface area contributed by atoms with Gasteiger partial charge in [-0.05, 0) is 18.1 Å². The lowest BCUT2D eigenvalue weighted by molar-refractivity contribution is -0.123. The van der Waals surface area contributed by atoms with E-state index in [-0.39, 0.29) is 24.3 Å². The van der Waals surface area contributed by atoms with Crippen LogP contribution in [0.4, 0.5) is 5.69 Å². The maximum Gasteiger partial charge on any atom is 0.253 e. The third-order valence-corrected chi connectivity index (χ3v) is 4.76. The van der Waals surface area contributed by atoms with Crippen molar-refractivity contribution in [1.29, 1.82) is 0 Å². The first-order chi connectivity index (χ1) is 14.4. The number of anilines is 1. The van der Waals surface area contributed by atoms with Gasteiger partial charge < -0.3 is 16.0 Å². The van der Waals surface area contributed by atoms with Gasteiger partial charge in [0, 0.05) is 39.3 Å². The van der Waals surface area contributed by atoms with Crippen LogP contribution in [0, 0.1) is 5.92 Å². The highest BCUT2D eigenvalue weighted by molar-refractivity contribution is 6.04. The fourth-order valence-corrected chi connectivity index (χ4v) is 3.13. The van der Waals surface area contributed by atoms with Crippen LogP contribution >= 0.6 is 0 Å². The zero-order valence-electron chi connectivity index (χ0n) is 17.9. The largest absolute Gasteiger partial charge is 0.352 e. The third-order valence-electron chi connectivity index (χ3n) is 4.76. The zero-order chi connectivity index (χ0) is 21.9. The highest BCUT2D eigenvalue weighted by atomic mass is 16.2. The molecule has 1 aromatic rings. The van der Waals surface area contributed by atoms with E-state index in [0.717, 1.165) is 13.1 Å². The predicted molar refractivity (Wildman–Crippen MR) is 118 cm³/mol. The quantitative estimate of drug-likeness (QED) is 0.495. The molecule has 0 bridgehead atoms. The molecule has 0 radical (unpaired) electrons. The molecule has 164 valence electrons. The van der Waals surface area contributed by atoms with Crippen molar-refractivity contribution in [2.24, 2.45) is 5.92 Å². The molecule has 8 heteroatoms. The summed E-state index contributed by atoms with van der Waals surface area (Å²) in [7, 11) is 0. The lowest BCUT2D eigenvalue weighted by atomic mass is 10.1. The molecular weight excluding hydrogens is 382 g/mol. The Morgan fingerprint density at radius 3 is 2.20 bits per heavy atom. The topological polar surface area (TPSA) is 93.8 Å². The van der Waals surface area contributed by atoms with Gasteiger partial charge in [0.05, 0.1) is 24.3 Å². The number of hydrogen-bond donors (Lipinski definition) is 3. The van der Waals surface area contributed by atoms with Crippen LogP contribution in [0.2, 0.25) is 0 Å². The zero-order valence-corrected chi connectivity index (χ0v) is 17.9. The summed E-state index contributed by atoms with van der Waals surface area (Å²) in [6.45, 7) is 12.2. The summed E-state index contributed by atoms with van der Waals surface area (Å²) in [6, 6.07) is 7.03. The fourth-order valence-electron chi connectivity index (χ4n) is 3.13. The SMILES string of the molecule is C=CCNC(=O)CN1CCN(CC(=O)Nc2ccccc2C(=O)NCC(C)C)CC1. The van der Waals surface area contributed by atoms with Crippen molar-refractivity contribution in [2.75, 3.05) is 57.7 Å². The monoisotopic (exact) mass is 415 g/mol. The van der Waals surface area contributed by atoms with Gasteiger partial charge >= 0.3 is 0 Å². The minimum Gasteiger partial charge on any atom is -0.352 e. The Kier molecular flexibility index (Phi) is 9.50. The third kappa shape index (κ3) is 7.96. The van der Waals surface area contributed by atoms with Gasteiger partial charge in [-0.2, -0.15) is 0 Å². The van der Waals surface area contributed by atoms with Gasteiger partial charge in [-0.25, -0.2) is 0 Å². The molecule has 2 rings (SSSR count). The Bertz CT molecular complexity index is 742. The van der Waals surface area contributed by atoms with E-state index in [2.05, 4.69) is 32.3 Å². The van der Waals surface area contributed by atoms with E-state index in [1.165, 1.54) is 0 Å². The standard InChI is InChI=1S/C22H33N5O3/c1-4-9-23-20(28)15-26-10-12-27(13-11-26)16-21(29)25-19-8-6-5-7-18(19)22(30)24-14-17(2)3/h4-8,17H,1,9-16H2,2-3H3,(H,23,28)(H,24,30)(H,25,29). The first-order valence-corrected chi connectivity index (χ1v) is 10.4. The average Bonchev–Trinajstić information content (AvgIpc) is 2.72. The van der Waals surface area contributed by atoms with E-state index in [4.69, 9.17) is 0 Å². The Hall–Kier alpha value is -2.71. The molecule has 3 amide bonds. The maximum atomic E-state index is 12.5. The molecule has 0 aliphatic carbocycles. The van der Waals surface area contributed by atoms with Crippen molar-refractivity contribution in [3.63, 3.8) is 0 Å². The number of nitrogens with zero attached hydrogens (tertiary/aromatic N) is 2. The van der Waals surface area contributed by atoms with Gasteiger partial charge in [-0.1, -0.05) is 32.1 Å². The smallest absolute Gasteiger partial charge is 0.253 e. The number of hydrogen-bond acceptors (Lipinski definition) is 5. The van der Waals surface area contributed by atoms with Crippen LogP contribution < -0.4 is 16.0 Å². The number of piperazine rings is 1. The molecule has 1 fully saturated rings. The summed E-state index contributed by atoms with van der Waals surface area (Å²) in [5.41, 5.74) is 0.975. The van der Waals surface area contributed by atoms with E-state index in [1.807, 2.05) is 13.8 Å². The van der Waals surface area contributed by atoms with E-state index in [1.54, 1.807) is 30.3 Å². The number of benzene rings is 1. The van der Waals surface area contributed by atoms with Crippen LogP contribution in [0.3, 0.4) is 0 Å². The Balaban J connectivity index is 1.81. The van der Waals surface area contributed by atoms with Gasteiger partial charge in [0.2, 0.25) is 11.8 Å². The minimum absolute atomic E-state index is 0.0200. The molecule has 1 aromatic carbocycles. The second kappa shape index (κ2) is 12.1. The van der Waals surface area contributed by atoms with Crippen molar-refractivity contribution in [3.8, 4) is 0 Å². The van der Waals surface area contributed by atoms with Gasteiger partial charge in [-0.15, -0.1) is 6.58 Å². The lowest BCUT2D eigenvalue weighted by Gasteiger charge is -2.33. The van der Waals surface area contributed by atoms with Gasteiger partial charge in [0.15, 0.2) is 0 Å². The van der Waals surface area contributed by atoms with Crippen molar-refractivity contribution in [1.82, 2.24) is 20.4 Å². The highest BCUT2D eigenvalue weighted by Gasteiger charge is 2.21. The van der Waals surface area contributed by atoms with Crippen molar-refractivity contribution in [2.45, 2.75) is 13.8 Å². The van der Waals surface area contributed by atoms with Crippen LogP contribution in [0.25, 0.3) is 0 Å². The molecule has 0 saturated carbocycles. The number of carbonyl (C=O) groups excluding carboxylic acids is 3. The number of carbonyl (C=O) groups is 3. The maximum absolute atomic E-state index is 12.5. The number of nitrogens with one attached hydrogen (secondary N) is 3. The number of rotatable bonds is 10. The molecular formula is C22H33N5O3. The summed E-state index contributed by atoms with van der Waals surface area (Å²) in [6.07, 6.45) is 1.65. The van der Waals surface area contributed by atoms with Crippen LogP contribution in [-0.4, -0.2) is 79.9 Å². The van der Waals surface area contributed by atoms with E-state index < -0.39 is 0 Å². The lowest BCUT2D eigenvalue weighted by Crippen LogP contribution is -2.51. The minimum atomic E-state index is -0.192. The summed E-state index contributed by atoms with van der Waals surface area (Å²) in [4.78, 5) is 40.9. The van der Waals surface area contributed by atoms with Crippen molar-refractivity contribution < 1.29 is 14.4 Å². The van der Waals surface area contributed by atoms with Crippen LogP contribution in [0.1, 0.15) is 24.2 Å². The molecule has 8 nitrogen and oxygen atoms in total. The molecule has 1 heterocycles. The average molecular weight is 416 g/mol. The van der Waals surface area contributed by atoms with E-state index in [0.29, 0.717) is 49.9 Å². The molecule has 0 unspecified atom stereocenters. The van der Waals surface area contributed by atoms with Crippen molar-refractivity contribution >= 4 is 23.4 Å². The number of amides is 3. The molecule has 1 saturated heterocycles. The molecule has 30 heavy (non-hydrogen) atoms. The fraction of sp³-hybridized carbons (Fsp3) is 0.500. The van der Waals surface area contributed by atoms with Gasteiger partial charge in [-0.3, -0.25) is 24.2 Å². The Labute approximate surface area is 178 Å². The van der Waals surface area contributed by atoms with Crippen molar-refractivity contribution in [3.05, 3.63) is 42.5 Å². The molecule has 3 N–H and O–H groups in total. The first kappa shape index (κ1) is 23.6. The summed E-state index contributed by atoms with van der Waals surface area (Å²) >= 11 is 0. The molecule has 0 spiro atoms. The number of para-hydroxylation sites is 1. The van der Waals surface area contributed by atoms with E-state index in [9.17, 15) is 14.4 Å². The Morgan fingerprint density at radius 1 is 1.00 bits per heavy atom. The predicted octanol–water partition coefficient (Wildman–Crippen LogP) is 0.931. The summed E-state index contributed by atoms with van der Waals surface area (Å²) < 4.78 is 0. The van der Waals surface area contributed by atoms with Crippen LogP contribution in [-0.2, 0) is 9.59 Å². The first-order valence-electron chi connectivity index (χ1n) is 10.4. The molecule has 0 atom stereocenters.